The molecular weight excluding hydrogens is 368 g/mol. The molecule has 2 N–H and O–H groups in total. The Balaban J connectivity index is 1.65. The molecule has 0 radical (unpaired) electrons. The predicted molar refractivity (Wildman–Crippen MR) is 103 cm³/mol. The van der Waals surface area contributed by atoms with Gasteiger partial charge >= 0.3 is 0 Å². The van der Waals surface area contributed by atoms with E-state index in [0.717, 1.165) is 5.69 Å². The number of nitrogens with one attached hydrogen (secondary N) is 2. The molecule has 2 aromatic heterocycles. The van der Waals surface area contributed by atoms with Crippen LogP contribution in [0.1, 0.15) is 23.1 Å². The van der Waals surface area contributed by atoms with Crippen molar-refractivity contribution in [1.82, 2.24) is 19.6 Å². The zero-order valence-electron chi connectivity index (χ0n) is 14.9. The van der Waals surface area contributed by atoms with Crippen molar-refractivity contribution in [1.29, 1.82) is 0 Å². The van der Waals surface area contributed by atoms with Crippen LogP contribution in [0.4, 0.5) is 11.4 Å². The van der Waals surface area contributed by atoms with Crippen LogP contribution in [0, 0.1) is 6.92 Å². The number of anilines is 2. The van der Waals surface area contributed by atoms with E-state index < -0.39 is 0 Å². The quantitative estimate of drug-likeness (QED) is 0.681. The maximum atomic E-state index is 12.4. The molecule has 0 fully saturated rings. The smallest absolute Gasteiger partial charge is 0.273 e. The Kier molecular flexibility index (Phi) is 5.56. The van der Waals surface area contributed by atoms with Crippen molar-refractivity contribution in [3.63, 3.8) is 0 Å². The van der Waals surface area contributed by atoms with E-state index in [9.17, 15) is 9.59 Å². The molecule has 0 aliphatic heterocycles. The minimum Gasteiger partial charge on any atom is -0.324 e. The van der Waals surface area contributed by atoms with Gasteiger partial charge in [-0.3, -0.25) is 19.0 Å². The Morgan fingerprint density at radius 1 is 1.11 bits per heavy atom. The van der Waals surface area contributed by atoms with Crippen molar-refractivity contribution in [3.8, 4) is 0 Å². The Labute approximate surface area is 161 Å². The summed E-state index contributed by atoms with van der Waals surface area (Å²) >= 11 is 5.94. The average molecular weight is 387 g/mol. The summed E-state index contributed by atoms with van der Waals surface area (Å²) in [6.07, 6.45) is 3.08. The fraction of sp³-hybridized carbons (Fsp3) is 0.222. The van der Waals surface area contributed by atoms with Gasteiger partial charge in [0, 0.05) is 24.1 Å². The second-order valence-electron chi connectivity index (χ2n) is 5.85. The molecule has 9 heteroatoms. The van der Waals surface area contributed by atoms with Crippen LogP contribution in [-0.4, -0.2) is 31.4 Å². The number of rotatable bonds is 6. The van der Waals surface area contributed by atoms with Gasteiger partial charge in [0.1, 0.15) is 12.2 Å². The van der Waals surface area contributed by atoms with E-state index in [1.54, 1.807) is 48.1 Å². The Hall–Kier alpha value is -3.13. The molecule has 0 atom stereocenters. The summed E-state index contributed by atoms with van der Waals surface area (Å²) in [6.45, 7) is 4.35. The van der Waals surface area contributed by atoms with Gasteiger partial charge in [0.2, 0.25) is 5.91 Å². The first kappa shape index (κ1) is 18.7. The van der Waals surface area contributed by atoms with Crippen molar-refractivity contribution in [2.24, 2.45) is 0 Å². The van der Waals surface area contributed by atoms with Crippen LogP contribution in [0.3, 0.4) is 0 Å². The topological polar surface area (TPSA) is 93.8 Å². The summed E-state index contributed by atoms with van der Waals surface area (Å²) in [6, 6.07) is 8.58. The number of halogens is 1. The lowest BCUT2D eigenvalue weighted by atomic mass is 10.2. The summed E-state index contributed by atoms with van der Waals surface area (Å²) in [7, 11) is 0. The molecule has 27 heavy (non-hydrogen) atoms. The lowest BCUT2D eigenvalue weighted by Crippen LogP contribution is -2.20. The van der Waals surface area contributed by atoms with Crippen molar-refractivity contribution in [3.05, 3.63) is 59.1 Å². The monoisotopic (exact) mass is 386 g/mol. The van der Waals surface area contributed by atoms with Gasteiger partial charge in [-0.25, -0.2) is 0 Å². The Bertz CT molecular complexity index is 978. The van der Waals surface area contributed by atoms with Crippen LogP contribution < -0.4 is 10.6 Å². The zero-order valence-corrected chi connectivity index (χ0v) is 15.7. The SMILES string of the molecule is CCn1nccc1C(=O)Nc1cccc(NC(=O)Cn2ncc(Cl)c2C)c1. The number of hydrogen-bond acceptors (Lipinski definition) is 4. The number of aromatic nitrogens is 4. The molecule has 3 aromatic rings. The van der Waals surface area contributed by atoms with Crippen LogP contribution in [0.5, 0.6) is 0 Å². The van der Waals surface area contributed by atoms with E-state index in [0.29, 0.717) is 28.6 Å². The second kappa shape index (κ2) is 8.05. The number of amides is 2. The minimum atomic E-state index is -0.264. The first-order valence-electron chi connectivity index (χ1n) is 8.39. The van der Waals surface area contributed by atoms with E-state index in [1.165, 1.54) is 10.9 Å². The average Bonchev–Trinajstić information content (AvgIpc) is 3.24. The van der Waals surface area contributed by atoms with E-state index >= 15 is 0 Å². The molecular formula is C18H19ClN6O2. The molecule has 0 bridgehead atoms. The summed E-state index contributed by atoms with van der Waals surface area (Å²) in [5.41, 5.74) is 2.33. The van der Waals surface area contributed by atoms with E-state index in [-0.39, 0.29) is 18.4 Å². The largest absolute Gasteiger partial charge is 0.324 e. The molecule has 8 nitrogen and oxygen atoms in total. The normalized spacial score (nSPS) is 10.6. The zero-order chi connectivity index (χ0) is 19.4. The van der Waals surface area contributed by atoms with Crippen LogP contribution in [0.25, 0.3) is 0 Å². The standard InChI is InChI=1S/C18H19ClN6O2/c1-3-24-16(7-8-20-24)18(27)23-14-6-4-5-13(9-14)22-17(26)11-25-12(2)15(19)10-21-25/h4-10H,3,11H2,1-2H3,(H,22,26)(H,23,27). The second-order valence-corrected chi connectivity index (χ2v) is 6.26. The lowest BCUT2D eigenvalue weighted by Gasteiger charge is -2.10. The number of hydrogen-bond donors (Lipinski definition) is 2. The first-order chi connectivity index (χ1) is 13.0. The minimum absolute atomic E-state index is 0.0465. The third kappa shape index (κ3) is 4.35. The molecule has 140 valence electrons. The maximum Gasteiger partial charge on any atom is 0.273 e. The molecule has 0 aliphatic rings. The number of nitrogens with zero attached hydrogens (tertiary/aromatic N) is 4. The van der Waals surface area contributed by atoms with Crippen LogP contribution in [0.15, 0.2) is 42.7 Å². The Morgan fingerprint density at radius 2 is 1.85 bits per heavy atom. The summed E-state index contributed by atoms with van der Waals surface area (Å²) in [5.74, 6) is -0.509. The van der Waals surface area contributed by atoms with Crippen LogP contribution in [-0.2, 0) is 17.9 Å². The van der Waals surface area contributed by atoms with Crippen LogP contribution >= 0.6 is 11.6 Å². The number of carbonyl (C=O) groups excluding carboxylic acids is 2. The van der Waals surface area contributed by atoms with Gasteiger partial charge in [0.05, 0.1) is 16.9 Å². The molecule has 0 saturated heterocycles. The van der Waals surface area contributed by atoms with Gasteiger partial charge in [0.25, 0.3) is 5.91 Å². The number of aryl methyl sites for hydroxylation is 1. The van der Waals surface area contributed by atoms with E-state index in [1.807, 2.05) is 6.92 Å². The highest BCUT2D eigenvalue weighted by atomic mass is 35.5. The van der Waals surface area contributed by atoms with Gasteiger partial charge in [-0.1, -0.05) is 17.7 Å². The van der Waals surface area contributed by atoms with E-state index in [4.69, 9.17) is 11.6 Å². The fourth-order valence-electron chi connectivity index (χ4n) is 2.57. The van der Waals surface area contributed by atoms with E-state index in [2.05, 4.69) is 20.8 Å². The molecule has 3 rings (SSSR count). The maximum absolute atomic E-state index is 12.4. The van der Waals surface area contributed by atoms with Gasteiger partial charge < -0.3 is 10.6 Å². The molecule has 2 amide bonds. The van der Waals surface area contributed by atoms with Gasteiger partial charge in [-0.15, -0.1) is 0 Å². The number of carbonyl (C=O) groups is 2. The van der Waals surface area contributed by atoms with Gasteiger partial charge in [0.15, 0.2) is 0 Å². The van der Waals surface area contributed by atoms with Gasteiger partial charge in [-0.05, 0) is 38.1 Å². The summed E-state index contributed by atoms with van der Waals surface area (Å²) in [4.78, 5) is 24.6. The summed E-state index contributed by atoms with van der Waals surface area (Å²) in [5, 5.41) is 14.2. The molecule has 0 saturated carbocycles. The highest BCUT2D eigenvalue weighted by molar-refractivity contribution is 6.31. The lowest BCUT2D eigenvalue weighted by molar-refractivity contribution is -0.116. The first-order valence-corrected chi connectivity index (χ1v) is 8.76. The molecule has 0 aliphatic carbocycles. The highest BCUT2D eigenvalue weighted by Crippen LogP contribution is 2.17. The van der Waals surface area contributed by atoms with Crippen molar-refractivity contribution in [2.75, 3.05) is 10.6 Å². The van der Waals surface area contributed by atoms with Crippen molar-refractivity contribution >= 4 is 34.8 Å². The number of benzene rings is 1. The van der Waals surface area contributed by atoms with Gasteiger partial charge in [-0.2, -0.15) is 10.2 Å². The molecule has 0 spiro atoms. The van der Waals surface area contributed by atoms with Crippen molar-refractivity contribution < 1.29 is 9.59 Å². The predicted octanol–water partition coefficient (Wildman–Crippen LogP) is 2.95. The molecule has 1 aromatic carbocycles. The van der Waals surface area contributed by atoms with Crippen LogP contribution in [0.2, 0.25) is 5.02 Å². The van der Waals surface area contributed by atoms with Crippen molar-refractivity contribution in [2.45, 2.75) is 26.9 Å². The summed E-state index contributed by atoms with van der Waals surface area (Å²) < 4.78 is 3.13. The fourth-order valence-corrected chi connectivity index (χ4v) is 2.71. The molecule has 0 unspecified atom stereocenters. The third-order valence-electron chi connectivity index (χ3n) is 3.99. The molecule has 2 heterocycles. The third-order valence-corrected chi connectivity index (χ3v) is 4.36. The Morgan fingerprint density at radius 3 is 2.52 bits per heavy atom. The highest BCUT2D eigenvalue weighted by Gasteiger charge is 2.12.